The highest BCUT2D eigenvalue weighted by atomic mass is 16.5. The zero-order chi connectivity index (χ0) is 14.3. The fraction of sp³-hybridized carbons (Fsp3) is 0.769. The zero-order valence-corrected chi connectivity index (χ0v) is 11.3. The molecule has 0 bridgehead atoms. The minimum absolute atomic E-state index is 0.0336. The quantitative estimate of drug-likeness (QED) is 0.686. The topological polar surface area (TPSA) is 98.5 Å². The first kappa shape index (κ1) is 15.5. The van der Waals surface area contributed by atoms with Crippen molar-refractivity contribution in [3.05, 3.63) is 0 Å². The summed E-state index contributed by atoms with van der Waals surface area (Å²) in [6.45, 7) is 0. The maximum absolute atomic E-state index is 12.0. The van der Waals surface area contributed by atoms with Crippen molar-refractivity contribution < 1.29 is 19.1 Å². The summed E-state index contributed by atoms with van der Waals surface area (Å²) in [5.74, 6) is -1.20. The van der Waals surface area contributed by atoms with Crippen molar-refractivity contribution in [3.8, 4) is 0 Å². The van der Waals surface area contributed by atoms with E-state index in [-0.39, 0.29) is 24.7 Å². The number of methoxy groups -OCH3 is 1. The number of nitrogens with one attached hydrogen (secondary N) is 1. The molecule has 1 aliphatic rings. The lowest BCUT2D eigenvalue weighted by atomic mass is 9.88. The highest BCUT2D eigenvalue weighted by Crippen LogP contribution is 2.23. The van der Waals surface area contributed by atoms with Crippen molar-refractivity contribution >= 4 is 17.8 Å². The summed E-state index contributed by atoms with van der Waals surface area (Å²) in [5, 5.41) is 2.64. The lowest BCUT2D eigenvalue weighted by Gasteiger charge is -2.23. The molecule has 0 spiro atoms. The van der Waals surface area contributed by atoms with E-state index < -0.39 is 17.9 Å². The van der Waals surface area contributed by atoms with Gasteiger partial charge in [0.25, 0.3) is 0 Å². The van der Waals surface area contributed by atoms with Crippen molar-refractivity contribution in [2.24, 2.45) is 11.7 Å². The van der Waals surface area contributed by atoms with Gasteiger partial charge in [-0.15, -0.1) is 0 Å². The Bertz CT molecular complexity index is 338. The number of amides is 2. The van der Waals surface area contributed by atoms with E-state index in [1.165, 1.54) is 7.11 Å². The van der Waals surface area contributed by atoms with Crippen LogP contribution in [0.3, 0.4) is 0 Å². The Balaban J connectivity index is 2.45. The van der Waals surface area contributed by atoms with E-state index in [0.29, 0.717) is 0 Å². The summed E-state index contributed by atoms with van der Waals surface area (Å²) in [5.41, 5.74) is 5.24. The maximum atomic E-state index is 12.0. The largest absolute Gasteiger partial charge is 0.469 e. The third-order valence-electron chi connectivity index (χ3n) is 3.50. The van der Waals surface area contributed by atoms with Gasteiger partial charge in [-0.2, -0.15) is 0 Å². The van der Waals surface area contributed by atoms with Gasteiger partial charge in [0.05, 0.1) is 7.11 Å². The monoisotopic (exact) mass is 270 g/mol. The number of carbonyl (C=O) groups is 3. The third kappa shape index (κ3) is 5.28. The predicted molar refractivity (Wildman–Crippen MR) is 69.0 cm³/mol. The normalized spacial score (nSPS) is 17.5. The zero-order valence-electron chi connectivity index (χ0n) is 11.3. The van der Waals surface area contributed by atoms with Crippen molar-refractivity contribution in [3.63, 3.8) is 0 Å². The molecule has 108 valence electrons. The van der Waals surface area contributed by atoms with Gasteiger partial charge in [-0.25, -0.2) is 0 Å². The van der Waals surface area contributed by atoms with Crippen LogP contribution in [0.4, 0.5) is 0 Å². The van der Waals surface area contributed by atoms with Crippen LogP contribution < -0.4 is 11.1 Å². The highest BCUT2D eigenvalue weighted by molar-refractivity contribution is 5.88. The maximum Gasteiger partial charge on any atom is 0.305 e. The Morgan fingerprint density at radius 3 is 2.42 bits per heavy atom. The standard InChI is InChI=1S/C13H22N2O4/c1-19-11(16)8-7-10(12(14)17)15-13(18)9-5-3-2-4-6-9/h9-10H,2-8H2,1H3,(H2,14,17)(H,15,18)/t10-/m1/s1. The first-order valence-corrected chi connectivity index (χ1v) is 6.71. The molecule has 3 N–H and O–H groups in total. The van der Waals surface area contributed by atoms with Crippen LogP contribution >= 0.6 is 0 Å². The first-order chi connectivity index (χ1) is 9.04. The second-order valence-corrected chi connectivity index (χ2v) is 4.91. The number of primary amides is 1. The number of ether oxygens (including phenoxy) is 1. The van der Waals surface area contributed by atoms with E-state index in [9.17, 15) is 14.4 Å². The summed E-state index contributed by atoms with van der Waals surface area (Å²) in [6.07, 6.45) is 5.20. The Hall–Kier alpha value is -1.59. The van der Waals surface area contributed by atoms with E-state index in [4.69, 9.17) is 5.73 Å². The molecule has 6 nitrogen and oxygen atoms in total. The number of hydrogen-bond donors (Lipinski definition) is 2. The molecule has 0 radical (unpaired) electrons. The van der Waals surface area contributed by atoms with Crippen molar-refractivity contribution in [2.75, 3.05) is 7.11 Å². The van der Waals surface area contributed by atoms with E-state index in [0.717, 1.165) is 32.1 Å². The number of nitrogens with two attached hydrogens (primary N) is 1. The summed E-state index contributed by atoms with van der Waals surface area (Å²) in [4.78, 5) is 34.3. The van der Waals surface area contributed by atoms with Crippen molar-refractivity contribution in [1.82, 2.24) is 5.32 Å². The number of esters is 1. The summed E-state index contributed by atoms with van der Waals surface area (Å²) in [6, 6.07) is -0.798. The fourth-order valence-corrected chi connectivity index (χ4v) is 2.30. The van der Waals surface area contributed by atoms with Crippen LogP contribution in [0.1, 0.15) is 44.9 Å². The molecule has 1 atom stereocenters. The van der Waals surface area contributed by atoms with Crippen LogP contribution in [-0.2, 0) is 19.1 Å². The fourth-order valence-electron chi connectivity index (χ4n) is 2.30. The lowest BCUT2D eigenvalue weighted by Crippen LogP contribution is -2.47. The third-order valence-corrected chi connectivity index (χ3v) is 3.50. The van der Waals surface area contributed by atoms with E-state index in [2.05, 4.69) is 10.1 Å². The summed E-state index contributed by atoms with van der Waals surface area (Å²) < 4.78 is 4.50. The predicted octanol–water partition coefficient (Wildman–Crippen LogP) is 0.490. The minimum atomic E-state index is -0.798. The molecule has 1 aliphatic carbocycles. The van der Waals surface area contributed by atoms with Crippen LogP contribution in [0.2, 0.25) is 0 Å². The average molecular weight is 270 g/mol. The van der Waals surface area contributed by atoms with Gasteiger partial charge in [0.2, 0.25) is 11.8 Å². The molecule has 0 heterocycles. The van der Waals surface area contributed by atoms with Gasteiger partial charge in [-0.1, -0.05) is 19.3 Å². The molecule has 0 aromatic heterocycles. The molecule has 2 amide bonds. The summed E-state index contributed by atoms with van der Waals surface area (Å²) in [7, 11) is 1.28. The Morgan fingerprint density at radius 1 is 1.26 bits per heavy atom. The van der Waals surface area contributed by atoms with Gasteiger partial charge in [0.1, 0.15) is 6.04 Å². The van der Waals surface area contributed by atoms with Crippen LogP contribution in [0.5, 0.6) is 0 Å². The van der Waals surface area contributed by atoms with Gasteiger partial charge < -0.3 is 15.8 Å². The molecule has 0 unspecified atom stereocenters. The second-order valence-electron chi connectivity index (χ2n) is 4.91. The van der Waals surface area contributed by atoms with Gasteiger partial charge >= 0.3 is 5.97 Å². The molecule has 1 rings (SSSR count). The van der Waals surface area contributed by atoms with Crippen molar-refractivity contribution in [2.45, 2.75) is 51.0 Å². The lowest BCUT2D eigenvalue weighted by molar-refractivity contribution is -0.141. The molecular formula is C13H22N2O4. The summed E-state index contributed by atoms with van der Waals surface area (Å²) >= 11 is 0. The molecule has 1 saturated carbocycles. The molecule has 1 fully saturated rings. The Labute approximate surface area is 113 Å². The first-order valence-electron chi connectivity index (χ1n) is 6.71. The molecule has 0 aliphatic heterocycles. The molecule has 6 heteroatoms. The molecular weight excluding hydrogens is 248 g/mol. The minimum Gasteiger partial charge on any atom is -0.469 e. The Morgan fingerprint density at radius 2 is 1.89 bits per heavy atom. The van der Waals surface area contributed by atoms with E-state index in [1.54, 1.807) is 0 Å². The molecule has 19 heavy (non-hydrogen) atoms. The molecule has 0 aromatic rings. The SMILES string of the molecule is COC(=O)CC[C@@H](NC(=O)C1CCCCC1)C(N)=O. The molecule has 0 saturated heterocycles. The van der Waals surface area contributed by atoms with Crippen LogP contribution in [0.25, 0.3) is 0 Å². The highest BCUT2D eigenvalue weighted by Gasteiger charge is 2.25. The number of carbonyl (C=O) groups excluding carboxylic acids is 3. The number of hydrogen-bond acceptors (Lipinski definition) is 4. The van der Waals surface area contributed by atoms with Gasteiger partial charge in [-0.3, -0.25) is 14.4 Å². The van der Waals surface area contributed by atoms with Gasteiger partial charge in [-0.05, 0) is 19.3 Å². The van der Waals surface area contributed by atoms with E-state index >= 15 is 0 Å². The van der Waals surface area contributed by atoms with Gasteiger partial charge in [0.15, 0.2) is 0 Å². The van der Waals surface area contributed by atoms with E-state index in [1.807, 2.05) is 0 Å². The average Bonchev–Trinajstić information content (AvgIpc) is 2.43. The van der Waals surface area contributed by atoms with Crippen LogP contribution in [0, 0.1) is 5.92 Å². The Kier molecular flexibility index (Phi) is 6.32. The van der Waals surface area contributed by atoms with Crippen LogP contribution in [0.15, 0.2) is 0 Å². The van der Waals surface area contributed by atoms with Crippen molar-refractivity contribution in [1.29, 1.82) is 0 Å². The number of rotatable bonds is 6. The molecule has 0 aromatic carbocycles. The van der Waals surface area contributed by atoms with Gasteiger partial charge in [0, 0.05) is 12.3 Å². The second kappa shape index (κ2) is 7.76. The smallest absolute Gasteiger partial charge is 0.305 e. The van der Waals surface area contributed by atoms with Crippen LogP contribution in [-0.4, -0.2) is 30.9 Å².